The summed E-state index contributed by atoms with van der Waals surface area (Å²) in [5, 5.41) is 0. The van der Waals surface area contributed by atoms with Crippen LogP contribution in [-0.4, -0.2) is 19.2 Å². The molecule has 0 bridgehead atoms. The Balaban J connectivity index is 1.70. The zero-order valence-electron chi connectivity index (χ0n) is 11.2. The van der Waals surface area contributed by atoms with Gasteiger partial charge >= 0.3 is 5.97 Å². The average Bonchev–Trinajstić information content (AvgIpc) is 2.48. The van der Waals surface area contributed by atoms with Gasteiger partial charge in [-0.15, -0.1) is 0 Å². The fraction of sp³-hybridized carbons (Fsp3) is 0.188. The topological polar surface area (TPSA) is 35.5 Å². The maximum Gasteiger partial charge on any atom is 0.310 e. The maximum absolute atomic E-state index is 13.2. The Morgan fingerprint density at radius 3 is 2.38 bits per heavy atom. The lowest BCUT2D eigenvalue weighted by Crippen LogP contribution is -2.14. The number of carbonyl (C=O) groups is 1. The van der Waals surface area contributed by atoms with Crippen LogP contribution in [-0.2, 0) is 16.0 Å². The first-order chi connectivity index (χ1) is 10.1. The molecule has 0 aromatic heterocycles. The molecule has 0 N–H and O–H groups in total. The second-order valence-corrected chi connectivity index (χ2v) is 4.30. The molecule has 2 aromatic carbocycles. The molecular weight excluding hydrogens is 278 g/mol. The predicted octanol–water partition coefficient (Wildman–Crippen LogP) is 3.13. The smallest absolute Gasteiger partial charge is 0.310 e. The SMILES string of the molecule is O=C(Cc1ccc(F)cc1)OCCOc1ccccc1F. The number of hydrogen-bond acceptors (Lipinski definition) is 3. The Hall–Kier alpha value is -2.43. The van der Waals surface area contributed by atoms with Crippen LogP contribution in [0.5, 0.6) is 5.75 Å². The van der Waals surface area contributed by atoms with Gasteiger partial charge in [-0.25, -0.2) is 8.78 Å². The molecule has 2 rings (SSSR count). The largest absolute Gasteiger partial charge is 0.487 e. The van der Waals surface area contributed by atoms with E-state index < -0.39 is 11.8 Å². The molecule has 0 saturated carbocycles. The van der Waals surface area contributed by atoms with Crippen LogP contribution in [0.25, 0.3) is 0 Å². The van der Waals surface area contributed by atoms with Gasteiger partial charge in [0.15, 0.2) is 11.6 Å². The van der Waals surface area contributed by atoms with Crippen molar-refractivity contribution in [2.24, 2.45) is 0 Å². The van der Waals surface area contributed by atoms with Crippen molar-refractivity contribution in [2.75, 3.05) is 13.2 Å². The predicted molar refractivity (Wildman–Crippen MR) is 73.0 cm³/mol. The summed E-state index contributed by atoms with van der Waals surface area (Å²) in [5.74, 6) is -1.15. The molecule has 0 spiro atoms. The molecule has 3 nitrogen and oxygen atoms in total. The molecule has 0 atom stereocenters. The van der Waals surface area contributed by atoms with Crippen molar-refractivity contribution >= 4 is 5.97 Å². The summed E-state index contributed by atoms with van der Waals surface area (Å²) >= 11 is 0. The van der Waals surface area contributed by atoms with E-state index in [4.69, 9.17) is 9.47 Å². The third-order valence-corrected chi connectivity index (χ3v) is 2.70. The fourth-order valence-electron chi connectivity index (χ4n) is 1.69. The average molecular weight is 292 g/mol. The second-order valence-electron chi connectivity index (χ2n) is 4.30. The third-order valence-electron chi connectivity index (χ3n) is 2.70. The first-order valence-electron chi connectivity index (χ1n) is 6.42. The highest BCUT2D eigenvalue weighted by atomic mass is 19.1. The second kappa shape index (κ2) is 7.38. The lowest BCUT2D eigenvalue weighted by molar-refractivity contribution is -0.143. The minimum atomic E-state index is -0.463. The van der Waals surface area contributed by atoms with E-state index in [1.807, 2.05) is 0 Å². The molecule has 0 heterocycles. The highest BCUT2D eigenvalue weighted by Crippen LogP contribution is 2.14. The van der Waals surface area contributed by atoms with Gasteiger partial charge in [0.25, 0.3) is 0 Å². The zero-order valence-corrected chi connectivity index (χ0v) is 11.2. The molecule has 0 amide bonds. The molecule has 0 saturated heterocycles. The van der Waals surface area contributed by atoms with Gasteiger partial charge in [0, 0.05) is 0 Å². The summed E-state index contributed by atoms with van der Waals surface area (Å²) in [6.07, 6.45) is 0.0555. The van der Waals surface area contributed by atoms with E-state index in [0.29, 0.717) is 5.56 Å². The van der Waals surface area contributed by atoms with E-state index >= 15 is 0 Å². The van der Waals surface area contributed by atoms with Gasteiger partial charge < -0.3 is 9.47 Å². The molecule has 0 unspecified atom stereocenters. The zero-order chi connectivity index (χ0) is 15.1. The van der Waals surface area contributed by atoms with E-state index in [9.17, 15) is 13.6 Å². The van der Waals surface area contributed by atoms with Crippen molar-refractivity contribution in [1.82, 2.24) is 0 Å². The minimum Gasteiger partial charge on any atom is -0.487 e. The molecule has 5 heteroatoms. The molecule has 0 aliphatic heterocycles. The molecule has 110 valence electrons. The van der Waals surface area contributed by atoms with E-state index in [1.54, 1.807) is 12.1 Å². The van der Waals surface area contributed by atoms with Gasteiger partial charge in [0.05, 0.1) is 6.42 Å². The van der Waals surface area contributed by atoms with Gasteiger partial charge in [-0.3, -0.25) is 4.79 Å². The number of rotatable bonds is 6. The molecule has 21 heavy (non-hydrogen) atoms. The summed E-state index contributed by atoms with van der Waals surface area (Å²) in [5.41, 5.74) is 0.663. The van der Waals surface area contributed by atoms with Gasteiger partial charge in [-0.1, -0.05) is 24.3 Å². The Morgan fingerprint density at radius 2 is 1.67 bits per heavy atom. The highest BCUT2D eigenvalue weighted by Gasteiger charge is 2.06. The Labute approximate surface area is 121 Å². The van der Waals surface area contributed by atoms with Crippen molar-refractivity contribution in [2.45, 2.75) is 6.42 Å². The van der Waals surface area contributed by atoms with Gasteiger partial charge in [-0.05, 0) is 29.8 Å². The summed E-state index contributed by atoms with van der Waals surface area (Å²) in [7, 11) is 0. The lowest BCUT2D eigenvalue weighted by atomic mass is 10.1. The van der Waals surface area contributed by atoms with Crippen LogP contribution < -0.4 is 4.74 Å². The van der Waals surface area contributed by atoms with Gasteiger partial charge in [0.2, 0.25) is 0 Å². The van der Waals surface area contributed by atoms with Crippen molar-refractivity contribution in [1.29, 1.82) is 0 Å². The van der Waals surface area contributed by atoms with Crippen LogP contribution in [0.15, 0.2) is 48.5 Å². The van der Waals surface area contributed by atoms with E-state index in [2.05, 4.69) is 0 Å². The van der Waals surface area contributed by atoms with Crippen LogP contribution >= 0.6 is 0 Å². The Kier molecular flexibility index (Phi) is 5.26. The summed E-state index contributed by atoms with van der Waals surface area (Å²) in [6.45, 7) is 0.0878. The Morgan fingerprint density at radius 1 is 0.952 bits per heavy atom. The van der Waals surface area contributed by atoms with Gasteiger partial charge in [0.1, 0.15) is 19.0 Å². The number of carbonyl (C=O) groups excluding carboxylic acids is 1. The summed E-state index contributed by atoms with van der Waals surface area (Å²) in [6, 6.07) is 11.6. The number of esters is 1. The molecule has 0 aliphatic rings. The third kappa shape index (κ3) is 4.87. The number of hydrogen-bond donors (Lipinski definition) is 0. The van der Waals surface area contributed by atoms with Crippen LogP contribution in [0, 0.1) is 11.6 Å². The Bertz CT molecular complexity index is 597. The standard InChI is InChI=1S/C16H14F2O3/c17-13-7-5-12(6-8-13)11-16(19)21-10-9-20-15-4-2-1-3-14(15)18/h1-8H,9-11H2. The molecule has 0 fully saturated rings. The number of halogens is 2. The monoisotopic (exact) mass is 292 g/mol. The molecule has 0 radical (unpaired) electrons. The normalized spacial score (nSPS) is 10.2. The number of para-hydroxylation sites is 1. The van der Waals surface area contributed by atoms with E-state index in [-0.39, 0.29) is 31.2 Å². The van der Waals surface area contributed by atoms with Crippen LogP contribution in [0.1, 0.15) is 5.56 Å². The van der Waals surface area contributed by atoms with Crippen molar-refractivity contribution in [3.05, 3.63) is 65.7 Å². The summed E-state index contributed by atoms with van der Waals surface area (Å²) in [4.78, 5) is 11.5. The quantitative estimate of drug-likeness (QED) is 0.606. The van der Waals surface area contributed by atoms with Crippen molar-refractivity contribution in [3.8, 4) is 5.75 Å². The number of ether oxygens (including phenoxy) is 2. The van der Waals surface area contributed by atoms with Crippen LogP contribution in [0.4, 0.5) is 8.78 Å². The fourth-order valence-corrected chi connectivity index (χ4v) is 1.69. The highest BCUT2D eigenvalue weighted by molar-refractivity contribution is 5.72. The number of benzene rings is 2. The van der Waals surface area contributed by atoms with Crippen molar-refractivity contribution < 1.29 is 23.0 Å². The van der Waals surface area contributed by atoms with Gasteiger partial charge in [-0.2, -0.15) is 0 Å². The van der Waals surface area contributed by atoms with Crippen LogP contribution in [0.3, 0.4) is 0 Å². The summed E-state index contributed by atoms with van der Waals surface area (Å²) < 4.78 is 36.0. The van der Waals surface area contributed by atoms with E-state index in [0.717, 1.165) is 0 Å². The van der Waals surface area contributed by atoms with Crippen molar-refractivity contribution in [3.63, 3.8) is 0 Å². The molecule has 2 aromatic rings. The first-order valence-corrected chi connectivity index (χ1v) is 6.42. The molecule has 0 aliphatic carbocycles. The minimum absolute atomic E-state index is 0.0222. The maximum atomic E-state index is 13.2. The first kappa shape index (κ1) is 15.0. The lowest BCUT2D eigenvalue weighted by Gasteiger charge is -2.08. The molecular formula is C16H14F2O3. The van der Waals surface area contributed by atoms with E-state index in [1.165, 1.54) is 36.4 Å². The van der Waals surface area contributed by atoms with Crippen LogP contribution in [0.2, 0.25) is 0 Å².